The molecule has 0 bridgehead atoms. The molecule has 6 nitrogen and oxygen atoms in total. The van der Waals surface area contributed by atoms with E-state index in [2.05, 4.69) is 0 Å². The lowest BCUT2D eigenvalue weighted by molar-refractivity contribution is -0.148. The monoisotopic (exact) mass is 237 g/mol. The van der Waals surface area contributed by atoms with Gasteiger partial charge in [-0.05, 0) is 18.4 Å². The predicted molar refractivity (Wildman–Crippen MR) is 56.9 cm³/mol. The minimum atomic E-state index is -1.38. The van der Waals surface area contributed by atoms with Gasteiger partial charge in [-0.1, -0.05) is 0 Å². The average Bonchev–Trinajstić information content (AvgIpc) is 2.14. The Balaban J connectivity index is 0. The summed E-state index contributed by atoms with van der Waals surface area (Å²) in [4.78, 5) is 29.0. The topological polar surface area (TPSA) is 118 Å². The maximum absolute atomic E-state index is 10.1. The first kappa shape index (κ1) is 16.4. The number of hydrogen-bond donors (Lipinski definition) is 3. The van der Waals surface area contributed by atoms with Crippen LogP contribution in [0.3, 0.4) is 0 Å². The van der Waals surface area contributed by atoms with Crippen molar-refractivity contribution in [3.05, 3.63) is 0 Å². The van der Waals surface area contributed by atoms with Crippen LogP contribution in [-0.4, -0.2) is 46.0 Å². The van der Waals surface area contributed by atoms with Crippen LogP contribution in [0.2, 0.25) is 0 Å². The van der Waals surface area contributed by atoms with E-state index < -0.39 is 23.8 Å². The zero-order chi connectivity index (χ0) is 12.4. The summed E-state index contributed by atoms with van der Waals surface area (Å²) in [5.41, 5.74) is 5.19. The van der Waals surface area contributed by atoms with Gasteiger partial charge in [0.2, 0.25) is 5.78 Å². The van der Waals surface area contributed by atoms with Gasteiger partial charge in [0.25, 0.3) is 0 Å². The molecule has 0 saturated heterocycles. The first-order valence-electron chi connectivity index (χ1n) is 4.04. The van der Waals surface area contributed by atoms with Crippen molar-refractivity contribution in [3.63, 3.8) is 0 Å². The molecule has 1 atom stereocenters. The minimum absolute atomic E-state index is 0.552. The number of rotatable bonds is 5. The van der Waals surface area contributed by atoms with Crippen LogP contribution >= 0.6 is 11.8 Å². The number of carboxylic acid groups (broad SMARTS) is 2. The molecular weight excluding hydrogens is 222 g/mol. The van der Waals surface area contributed by atoms with E-state index in [-0.39, 0.29) is 0 Å². The predicted octanol–water partition coefficient (Wildman–Crippen LogP) is -0.189. The standard InChI is InChI=1S/C5H11NO2S.C3H4O3/c1-9-3-2-4(6)5(7)8;1-2(4)3(5)6/h4H,2-3,6H2,1H3,(H,7,8);1H3,(H,5,6). The van der Waals surface area contributed by atoms with Gasteiger partial charge in [-0.3, -0.25) is 9.59 Å². The van der Waals surface area contributed by atoms with E-state index in [9.17, 15) is 14.4 Å². The third kappa shape index (κ3) is 12.9. The largest absolute Gasteiger partial charge is 0.480 e. The SMILES string of the molecule is CC(=O)C(=O)O.CSCCC(N)C(=O)O. The van der Waals surface area contributed by atoms with Crippen LogP contribution in [0.4, 0.5) is 0 Å². The Morgan fingerprint density at radius 2 is 1.73 bits per heavy atom. The van der Waals surface area contributed by atoms with Crippen molar-refractivity contribution in [2.24, 2.45) is 5.73 Å². The Kier molecular flexibility index (Phi) is 10.3. The summed E-state index contributed by atoms with van der Waals surface area (Å²) in [6.45, 7) is 1.00. The summed E-state index contributed by atoms with van der Waals surface area (Å²) in [5.74, 6) is -2.30. The Morgan fingerprint density at radius 3 is 1.93 bits per heavy atom. The third-order valence-electron chi connectivity index (χ3n) is 1.25. The molecule has 15 heavy (non-hydrogen) atoms. The van der Waals surface area contributed by atoms with Crippen molar-refractivity contribution in [1.29, 1.82) is 0 Å². The number of hydrogen-bond acceptors (Lipinski definition) is 5. The van der Waals surface area contributed by atoms with Crippen LogP contribution in [0.25, 0.3) is 0 Å². The van der Waals surface area contributed by atoms with Gasteiger partial charge >= 0.3 is 11.9 Å². The lowest BCUT2D eigenvalue weighted by atomic mass is 10.2. The highest BCUT2D eigenvalue weighted by atomic mass is 32.2. The van der Waals surface area contributed by atoms with Gasteiger partial charge in [-0.25, -0.2) is 4.79 Å². The summed E-state index contributed by atoms with van der Waals surface area (Å²) in [5, 5.41) is 15.9. The van der Waals surface area contributed by atoms with Gasteiger partial charge in [-0.2, -0.15) is 11.8 Å². The number of ketones is 1. The molecule has 0 rings (SSSR count). The quantitative estimate of drug-likeness (QED) is 0.567. The first-order valence-corrected chi connectivity index (χ1v) is 5.43. The summed E-state index contributed by atoms with van der Waals surface area (Å²) < 4.78 is 0. The summed E-state index contributed by atoms with van der Waals surface area (Å²) in [6, 6.07) is -0.683. The molecule has 0 aliphatic rings. The maximum atomic E-state index is 10.1. The fourth-order valence-corrected chi connectivity index (χ4v) is 0.858. The van der Waals surface area contributed by atoms with Gasteiger partial charge in [-0.15, -0.1) is 0 Å². The zero-order valence-electron chi connectivity index (χ0n) is 8.60. The van der Waals surface area contributed by atoms with E-state index in [1.54, 1.807) is 11.8 Å². The number of carboxylic acids is 2. The smallest absolute Gasteiger partial charge is 0.371 e. The third-order valence-corrected chi connectivity index (χ3v) is 1.90. The molecule has 1 unspecified atom stereocenters. The average molecular weight is 237 g/mol. The number of nitrogens with two attached hydrogens (primary N) is 1. The first-order chi connectivity index (χ1) is 6.82. The molecule has 7 heteroatoms. The van der Waals surface area contributed by atoms with E-state index in [0.717, 1.165) is 12.7 Å². The number of thioether (sulfide) groups is 1. The molecule has 0 radical (unpaired) electrons. The Bertz CT molecular complexity index is 219. The number of Topliss-reactive ketones (excluding diaryl/α,β-unsaturated/α-hetero) is 1. The van der Waals surface area contributed by atoms with E-state index in [0.29, 0.717) is 6.42 Å². The van der Waals surface area contributed by atoms with Crippen molar-refractivity contribution < 1.29 is 24.6 Å². The molecule has 0 aromatic heterocycles. The van der Waals surface area contributed by atoms with Gasteiger partial charge in [0.1, 0.15) is 6.04 Å². The van der Waals surface area contributed by atoms with E-state index in [1.165, 1.54) is 0 Å². The van der Waals surface area contributed by atoms with Crippen LogP contribution in [0.15, 0.2) is 0 Å². The molecule has 0 aliphatic carbocycles. The second kappa shape index (κ2) is 9.47. The molecule has 0 aromatic carbocycles. The number of carbonyl (C=O) groups is 3. The summed E-state index contributed by atoms with van der Waals surface area (Å²) in [7, 11) is 0. The van der Waals surface area contributed by atoms with Crippen molar-refractivity contribution in [3.8, 4) is 0 Å². The van der Waals surface area contributed by atoms with E-state index in [4.69, 9.17) is 15.9 Å². The molecule has 4 N–H and O–H groups in total. The minimum Gasteiger partial charge on any atom is -0.480 e. The second-order valence-electron chi connectivity index (χ2n) is 2.59. The normalized spacial score (nSPS) is 10.9. The number of aliphatic carboxylic acids is 2. The summed E-state index contributed by atoms with van der Waals surface area (Å²) in [6.07, 6.45) is 2.48. The van der Waals surface area contributed by atoms with Crippen LogP contribution < -0.4 is 5.73 Å². The molecule has 0 saturated carbocycles. The van der Waals surface area contributed by atoms with Crippen molar-refractivity contribution in [1.82, 2.24) is 0 Å². The lowest BCUT2D eigenvalue weighted by Gasteiger charge is -2.02. The van der Waals surface area contributed by atoms with E-state index >= 15 is 0 Å². The van der Waals surface area contributed by atoms with Gasteiger partial charge < -0.3 is 15.9 Å². The lowest BCUT2D eigenvalue weighted by Crippen LogP contribution is -2.30. The van der Waals surface area contributed by atoms with Crippen molar-refractivity contribution >= 4 is 29.5 Å². The summed E-state index contributed by atoms with van der Waals surface area (Å²) >= 11 is 1.60. The zero-order valence-corrected chi connectivity index (χ0v) is 9.41. The molecule has 0 amide bonds. The molecule has 0 spiro atoms. The van der Waals surface area contributed by atoms with Crippen LogP contribution in [0.5, 0.6) is 0 Å². The highest BCUT2D eigenvalue weighted by molar-refractivity contribution is 7.98. The Hall–Kier alpha value is -1.08. The molecule has 0 fully saturated rings. The highest BCUT2D eigenvalue weighted by Gasteiger charge is 2.08. The van der Waals surface area contributed by atoms with Crippen LogP contribution in [-0.2, 0) is 14.4 Å². The van der Waals surface area contributed by atoms with Gasteiger partial charge in [0.15, 0.2) is 0 Å². The Labute approximate surface area is 91.8 Å². The van der Waals surface area contributed by atoms with Crippen LogP contribution in [0.1, 0.15) is 13.3 Å². The van der Waals surface area contributed by atoms with Crippen LogP contribution in [0, 0.1) is 0 Å². The van der Waals surface area contributed by atoms with Gasteiger partial charge in [0, 0.05) is 6.92 Å². The Morgan fingerprint density at radius 1 is 1.33 bits per heavy atom. The van der Waals surface area contributed by atoms with E-state index in [1.807, 2.05) is 6.26 Å². The fourth-order valence-electron chi connectivity index (χ4n) is 0.368. The van der Waals surface area contributed by atoms with Crippen molar-refractivity contribution in [2.75, 3.05) is 12.0 Å². The van der Waals surface area contributed by atoms with Crippen molar-refractivity contribution in [2.45, 2.75) is 19.4 Å². The molecular formula is C8H15NO5S. The highest BCUT2D eigenvalue weighted by Crippen LogP contribution is 1.97. The maximum Gasteiger partial charge on any atom is 0.371 e. The molecule has 0 aliphatic heterocycles. The number of carbonyl (C=O) groups excluding carboxylic acids is 1. The second-order valence-corrected chi connectivity index (χ2v) is 3.57. The molecule has 0 heterocycles. The fraction of sp³-hybridized carbons (Fsp3) is 0.625. The van der Waals surface area contributed by atoms with Gasteiger partial charge in [0.05, 0.1) is 0 Å². The molecule has 88 valence electrons. The molecule has 0 aromatic rings.